The summed E-state index contributed by atoms with van der Waals surface area (Å²) in [5.74, 6) is 1.24. The maximum absolute atomic E-state index is 14.1. The zero-order valence-electron chi connectivity index (χ0n) is 18.2. The number of fused-ring (bicyclic) bond motifs is 1. The van der Waals surface area contributed by atoms with Crippen LogP contribution in [0.5, 0.6) is 11.5 Å². The van der Waals surface area contributed by atoms with Crippen LogP contribution in [0.25, 0.3) is 10.9 Å². The molecule has 1 N–H and O–H groups in total. The molecule has 3 aromatic rings. The number of ether oxygens (including phenoxy) is 2. The van der Waals surface area contributed by atoms with Gasteiger partial charge >= 0.3 is 0 Å². The maximum Gasteiger partial charge on any atom is 0.245 e. The van der Waals surface area contributed by atoms with Crippen molar-refractivity contribution in [2.45, 2.75) is 25.5 Å². The van der Waals surface area contributed by atoms with Crippen LogP contribution in [0.3, 0.4) is 0 Å². The van der Waals surface area contributed by atoms with E-state index in [0.29, 0.717) is 59.4 Å². The molecule has 1 amide bonds. The van der Waals surface area contributed by atoms with E-state index >= 15 is 0 Å². The van der Waals surface area contributed by atoms with Gasteiger partial charge in [0.25, 0.3) is 0 Å². The summed E-state index contributed by atoms with van der Waals surface area (Å²) in [7, 11) is 1.57. The average Bonchev–Trinajstić information content (AvgIpc) is 2.84. The Morgan fingerprint density at radius 1 is 1.27 bits per heavy atom. The van der Waals surface area contributed by atoms with E-state index < -0.39 is 0 Å². The molecule has 0 radical (unpaired) electrons. The lowest BCUT2D eigenvalue weighted by Gasteiger charge is -2.31. The third-order valence-corrected chi connectivity index (χ3v) is 5.83. The zero-order valence-corrected chi connectivity index (χ0v) is 18.9. The normalized spacial score (nSPS) is 14.2. The second-order valence-corrected chi connectivity index (χ2v) is 8.11. The van der Waals surface area contributed by atoms with Crippen LogP contribution in [0.4, 0.5) is 10.2 Å². The molecule has 1 fully saturated rings. The summed E-state index contributed by atoms with van der Waals surface area (Å²) >= 11 is 6.00. The standard InChI is InChI=1S/C24H24ClFN4O3/c1-3-23(31)30-8-6-17(7-9-30)33-22-11-18-20(12-21(22)32-2)28-14-29-24(18)27-13-15-10-16(25)4-5-19(15)26/h3-5,10-12,14,17H,1,6-9,13H2,2H3,(H,27,28,29). The third-order valence-electron chi connectivity index (χ3n) is 5.60. The number of nitrogens with zero attached hydrogens (tertiary/aromatic N) is 3. The van der Waals surface area contributed by atoms with Crippen molar-refractivity contribution in [3.8, 4) is 11.5 Å². The van der Waals surface area contributed by atoms with Crippen molar-refractivity contribution in [1.29, 1.82) is 0 Å². The molecule has 1 aromatic heterocycles. The lowest BCUT2D eigenvalue weighted by atomic mass is 10.1. The molecule has 33 heavy (non-hydrogen) atoms. The average molecular weight is 471 g/mol. The topological polar surface area (TPSA) is 76.6 Å². The molecule has 2 heterocycles. The number of piperidine rings is 1. The summed E-state index contributed by atoms with van der Waals surface area (Å²) in [6.07, 6.45) is 4.10. The SMILES string of the molecule is C=CC(=O)N1CCC(Oc2cc3c(NCc4cc(Cl)ccc4F)ncnc3cc2OC)CC1. The molecule has 2 aromatic carbocycles. The second-order valence-electron chi connectivity index (χ2n) is 7.68. The molecular formula is C24H24ClFN4O3. The summed E-state index contributed by atoms with van der Waals surface area (Å²) < 4.78 is 25.9. The minimum absolute atomic E-state index is 0.0631. The molecule has 0 unspecified atom stereocenters. The van der Waals surface area contributed by atoms with E-state index in [1.807, 2.05) is 6.07 Å². The Bertz CT molecular complexity index is 1180. The number of methoxy groups -OCH3 is 1. The summed E-state index contributed by atoms with van der Waals surface area (Å²) in [5, 5.41) is 4.34. The highest BCUT2D eigenvalue weighted by molar-refractivity contribution is 6.30. The van der Waals surface area contributed by atoms with E-state index in [2.05, 4.69) is 21.9 Å². The molecule has 0 spiro atoms. The number of aromatic nitrogens is 2. The van der Waals surface area contributed by atoms with Crippen molar-refractivity contribution in [1.82, 2.24) is 14.9 Å². The van der Waals surface area contributed by atoms with Crippen molar-refractivity contribution < 1.29 is 18.7 Å². The molecule has 4 rings (SSSR count). The van der Waals surface area contributed by atoms with Crippen LogP contribution in [0.15, 0.2) is 49.3 Å². The monoisotopic (exact) mass is 470 g/mol. The molecule has 172 valence electrons. The Morgan fingerprint density at radius 2 is 2.06 bits per heavy atom. The van der Waals surface area contributed by atoms with E-state index in [4.69, 9.17) is 21.1 Å². The van der Waals surface area contributed by atoms with Gasteiger partial charge in [0.1, 0.15) is 24.1 Å². The largest absolute Gasteiger partial charge is 0.493 e. The number of halogens is 2. The predicted octanol–water partition coefficient (Wildman–Crippen LogP) is 4.60. The molecule has 0 saturated carbocycles. The summed E-state index contributed by atoms with van der Waals surface area (Å²) in [6, 6.07) is 8.03. The lowest BCUT2D eigenvalue weighted by molar-refractivity contribution is -0.127. The van der Waals surface area contributed by atoms with Crippen LogP contribution in [-0.4, -0.2) is 47.1 Å². The zero-order chi connectivity index (χ0) is 23.4. The van der Waals surface area contributed by atoms with Gasteiger partial charge in [-0.25, -0.2) is 14.4 Å². The molecule has 0 bridgehead atoms. The van der Waals surface area contributed by atoms with Crippen LogP contribution in [0, 0.1) is 5.82 Å². The summed E-state index contributed by atoms with van der Waals surface area (Å²) in [5.41, 5.74) is 1.09. The van der Waals surface area contributed by atoms with Gasteiger partial charge in [0.2, 0.25) is 5.91 Å². The quantitative estimate of drug-likeness (QED) is 0.508. The van der Waals surface area contributed by atoms with Crippen molar-refractivity contribution in [2.24, 2.45) is 0 Å². The number of rotatable bonds is 7. The third kappa shape index (κ3) is 5.17. The lowest BCUT2D eigenvalue weighted by Crippen LogP contribution is -2.41. The maximum atomic E-state index is 14.1. The van der Waals surface area contributed by atoms with E-state index in [1.165, 1.54) is 24.5 Å². The number of nitrogens with one attached hydrogen (secondary N) is 1. The first-order valence-electron chi connectivity index (χ1n) is 10.6. The summed E-state index contributed by atoms with van der Waals surface area (Å²) in [6.45, 7) is 4.95. The van der Waals surface area contributed by atoms with Crippen molar-refractivity contribution in [3.63, 3.8) is 0 Å². The fourth-order valence-corrected chi connectivity index (χ4v) is 4.01. The van der Waals surface area contributed by atoms with Crippen molar-refractivity contribution >= 4 is 34.2 Å². The smallest absolute Gasteiger partial charge is 0.245 e. The number of hydrogen-bond acceptors (Lipinski definition) is 6. The van der Waals surface area contributed by atoms with Crippen LogP contribution in [-0.2, 0) is 11.3 Å². The number of anilines is 1. The highest BCUT2D eigenvalue weighted by Gasteiger charge is 2.24. The van der Waals surface area contributed by atoms with Gasteiger partial charge in [0, 0.05) is 54.5 Å². The van der Waals surface area contributed by atoms with Crippen molar-refractivity contribution in [2.75, 3.05) is 25.5 Å². The predicted molar refractivity (Wildman–Crippen MR) is 125 cm³/mol. The Labute approximate surface area is 196 Å². The van der Waals surface area contributed by atoms with Gasteiger partial charge in [-0.1, -0.05) is 18.2 Å². The Morgan fingerprint density at radius 3 is 2.79 bits per heavy atom. The fourth-order valence-electron chi connectivity index (χ4n) is 3.82. The van der Waals surface area contributed by atoms with Gasteiger partial charge in [-0.05, 0) is 30.3 Å². The minimum Gasteiger partial charge on any atom is -0.493 e. The van der Waals surface area contributed by atoms with Crippen molar-refractivity contribution in [3.05, 3.63) is 65.7 Å². The number of carbonyl (C=O) groups is 1. The molecule has 1 aliphatic rings. The number of amides is 1. The first-order chi connectivity index (χ1) is 16.0. The summed E-state index contributed by atoms with van der Waals surface area (Å²) in [4.78, 5) is 22.2. The van der Waals surface area contributed by atoms with E-state index in [1.54, 1.807) is 24.1 Å². The number of hydrogen-bond donors (Lipinski definition) is 1. The molecule has 1 aliphatic heterocycles. The number of benzene rings is 2. The van der Waals surface area contributed by atoms with Gasteiger partial charge < -0.3 is 19.7 Å². The molecule has 7 nitrogen and oxygen atoms in total. The molecule has 1 saturated heterocycles. The minimum atomic E-state index is -0.350. The van der Waals surface area contributed by atoms with Crippen LogP contribution < -0.4 is 14.8 Å². The second kappa shape index (κ2) is 10.0. The molecule has 0 atom stereocenters. The molecular weight excluding hydrogens is 447 g/mol. The Kier molecular flexibility index (Phi) is 6.93. The van der Waals surface area contributed by atoms with E-state index in [0.717, 1.165) is 5.39 Å². The highest BCUT2D eigenvalue weighted by atomic mass is 35.5. The van der Waals surface area contributed by atoms with E-state index in [-0.39, 0.29) is 24.4 Å². The number of likely N-dealkylation sites (tertiary alicyclic amines) is 1. The Hall–Kier alpha value is -3.39. The van der Waals surface area contributed by atoms with Gasteiger partial charge in [-0.3, -0.25) is 4.79 Å². The van der Waals surface area contributed by atoms with Gasteiger partial charge in [-0.15, -0.1) is 0 Å². The van der Waals surface area contributed by atoms with Crippen LogP contribution in [0.2, 0.25) is 5.02 Å². The first-order valence-corrected chi connectivity index (χ1v) is 10.9. The molecule has 9 heteroatoms. The van der Waals surface area contributed by atoms with Gasteiger partial charge in [0.05, 0.1) is 12.6 Å². The highest BCUT2D eigenvalue weighted by Crippen LogP contribution is 2.35. The van der Waals surface area contributed by atoms with Gasteiger partial charge in [-0.2, -0.15) is 0 Å². The Balaban J connectivity index is 1.55. The first kappa shape index (κ1) is 22.8. The van der Waals surface area contributed by atoms with Gasteiger partial charge in [0.15, 0.2) is 11.5 Å². The van der Waals surface area contributed by atoms with Crippen LogP contribution >= 0.6 is 11.6 Å². The van der Waals surface area contributed by atoms with Crippen LogP contribution in [0.1, 0.15) is 18.4 Å². The molecule has 0 aliphatic carbocycles. The number of carbonyl (C=O) groups excluding carboxylic acids is 1. The van der Waals surface area contributed by atoms with E-state index in [9.17, 15) is 9.18 Å². The fraction of sp³-hybridized carbons (Fsp3) is 0.292.